The Labute approximate surface area is 190 Å². The average molecular weight is 512 g/mol. The molecule has 7 nitrogen and oxygen atoms in total. The zero-order valence-corrected chi connectivity index (χ0v) is 20.0. The van der Waals surface area contributed by atoms with Crippen LogP contribution in [0.5, 0.6) is 0 Å². The summed E-state index contributed by atoms with van der Waals surface area (Å²) in [7, 11) is 1.77. The maximum atomic E-state index is 5.37. The number of pyridine rings is 1. The molecule has 0 spiro atoms. The molecule has 0 saturated carbocycles. The Morgan fingerprint density at radius 3 is 2.52 bits per heavy atom. The third kappa shape index (κ3) is 7.17. The van der Waals surface area contributed by atoms with Crippen molar-refractivity contribution < 1.29 is 4.52 Å². The normalized spacial score (nSPS) is 15.0. The van der Waals surface area contributed by atoms with Crippen LogP contribution in [0.3, 0.4) is 0 Å². The van der Waals surface area contributed by atoms with Gasteiger partial charge in [-0.25, -0.2) is 4.98 Å². The number of halogens is 1. The molecule has 2 aromatic heterocycles. The summed E-state index contributed by atoms with van der Waals surface area (Å²) in [5, 5.41) is 10.7. The van der Waals surface area contributed by atoms with Gasteiger partial charge in [-0.1, -0.05) is 31.8 Å². The van der Waals surface area contributed by atoms with Gasteiger partial charge >= 0.3 is 0 Å². The van der Waals surface area contributed by atoms with E-state index in [0.717, 1.165) is 36.3 Å². The molecule has 160 valence electrons. The predicted octanol–water partition coefficient (Wildman–Crippen LogP) is 4.06. The summed E-state index contributed by atoms with van der Waals surface area (Å²) in [5.41, 5.74) is 2.16. The molecule has 2 N–H and O–H groups in total. The molecule has 0 aliphatic carbocycles. The molecule has 29 heavy (non-hydrogen) atoms. The maximum Gasteiger partial charge on any atom is 0.191 e. The summed E-state index contributed by atoms with van der Waals surface area (Å²) < 4.78 is 5.37. The highest BCUT2D eigenvalue weighted by molar-refractivity contribution is 14.0. The second kappa shape index (κ2) is 12.0. The molecule has 1 aliphatic heterocycles. The summed E-state index contributed by atoms with van der Waals surface area (Å²) in [6.07, 6.45) is 7.05. The summed E-state index contributed by atoms with van der Waals surface area (Å²) in [6, 6.07) is 6.21. The molecule has 1 fully saturated rings. The van der Waals surface area contributed by atoms with Crippen LogP contribution in [0, 0.1) is 0 Å². The predicted molar refractivity (Wildman–Crippen MR) is 128 cm³/mol. The molecule has 0 aromatic carbocycles. The third-order valence-corrected chi connectivity index (χ3v) is 5.02. The Morgan fingerprint density at radius 1 is 1.14 bits per heavy atom. The zero-order valence-electron chi connectivity index (χ0n) is 17.6. The summed E-state index contributed by atoms with van der Waals surface area (Å²) in [5.74, 6) is 2.97. The number of anilines is 1. The van der Waals surface area contributed by atoms with Gasteiger partial charge in [0.1, 0.15) is 5.82 Å². The quantitative estimate of drug-likeness (QED) is 0.346. The van der Waals surface area contributed by atoms with E-state index >= 15 is 0 Å². The van der Waals surface area contributed by atoms with Crippen LogP contribution in [0.4, 0.5) is 5.82 Å². The van der Waals surface area contributed by atoms with Gasteiger partial charge in [0.05, 0.1) is 12.2 Å². The molecule has 2 aromatic rings. The first kappa shape index (κ1) is 23.4. The van der Waals surface area contributed by atoms with E-state index < -0.39 is 0 Å². The highest BCUT2D eigenvalue weighted by Crippen LogP contribution is 2.18. The van der Waals surface area contributed by atoms with Crippen LogP contribution in [0.2, 0.25) is 0 Å². The third-order valence-electron chi connectivity index (χ3n) is 5.02. The van der Waals surface area contributed by atoms with Crippen molar-refractivity contribution in [3.8, 4) is 0 Å². The van der Waals surface area contributed by atoms with Gasteiger partial charge in [-0.3, -0.25) is 4.99 Å². The second-order valence-corrected chi connectivity index (χ2v) is 7.58. The molecule has 0 unspecified atom stereocenters. The van der Waals surface area contributed by atoms with Gasteiger partial charge in [0.25, 0.3) is 0 Å². The minimum atomic E-state index is 0. The molecule has 8 heteroatoms. The number of aliphatic imine (C=N–C) groups is 1. The van der Waals surface area contributed by atoms with Crippen LogP contribution in [-0.4, -0.2) is 36.2 Å². The maximum absolute atomic E-state index is 5.37. The molecule has 0 amide bonds. The van der Waals surface area contributed by atoms with E-state index in [2.05, 4.69) is 50.6 Å². The summed E-state index contributed by atoms with van der Waals surface area (Å²) >= 11 is 0. The lowest BCUT2D eigenvalue weighted by molar-refractivity contribution is 0.372. The Kier molecular flexibility index (Phi) is 9.69. The molecule has 1 saturated heterocycles. The van der Waals surface area contributed by atoms with Crippen LogP contribution in [0.25, 0.3) is 0 Å². The highest BCUT2D eigenvalue weighted by atomic mass is 127. The van der Waals surface area contributed by atoms with Crippen molar-refractivity contribution >= 4 is 35.8 Å². The van der Waals surface area contributed by atoms with Crippen molar-refractivity contribution in [2.75, 3.05) is 25.0 Å². The molecule has 0 atom stereocenters. The minimum Gasteiger partial charge on any atom is -0.359 e. The summed E-state index contributed by atoms with van der Waals surface area (Å²) in [4.78, 5) is 11.3. The van der Waals surface area contributed by atoms with E-state index in [1.165, 1.54) is 31.2 Å². The lowest BCUT2D eigenvalue weighted by Gasteiger charge is -2.22. The van der Waals surface area contributed by atoms with Gasteiger partial charge < -0.3 is 20.1 Å². The fourth-order valence-electron chi connectivity index (χ4n) is 3.30. The molecule has 1 aliphatic rings. The largest absolute Gasteiger partial charge is 0.359 e. The van der Waals surface area contributed by atoms with Gasteiger partial charge in [-0.2, -0.15) is 0 Å². The lowest BCUT2D eigenvalue weighted by atomic mass is 10.1. The highest BCUT2D eigenvalue weighted by Gasteiger charge is 2.12. The molecular formula is C21H33IN6O. The topological polar surface area (TPSA) is 78.6 Å². The van der Waals surface area contributed by atoms with Crippen molar-refractivity contribution in [1.82, 2.24) is 20.8 Å². The van der Waals surface area contributed by atoms with Crippen LogP contribution >= 0.6 is 24.0 Å². The Bertz CT molecular complexity index is 768. The fourth-order valence-corrected chi connectivity index (χ4v) is 3.30. The minimum absolute atomic E-state index is 0. The van der Waals surface area contributed by atoms with E-state index in [-0.39, 0.29) is 24.0 Å². The number of hydrogen-bond acceptors (Lipinski definition) is 5. The first-order chi connectivity index (χ1) is 13.7. The smallest absolute Gasteiger partial charge is 0.191 e. The van der Waals surface area contributed by atoms with E-state index in [9.17, 15) is 0 Å². The monoisotopic (exact) mass is 512 g/mol. The summed E-state index contributed by atoms with van der Waals surface area (Å²) in [6.45, 7) is 7.64. The lowest BCUT2D eigenvalue weighted by Crippen LogP contribution is -2.36. The molecule has 0 radical (unpaired) electrons. The number of hydrogen-bond donors (Lipinski definition) is 2. The van der Waals surface area contributed by atoms with E-state index in [1.807, 2.05) is 18.3 Å². The van der Waals surface area contributed by atoms with Crippen LogP contribution in [-0.2, 0) is 13.1 Å². The van der Waals surface area contributed by atoms with Gasteiger partial charge in [0.2, 0.25) is 0 Å². The Morgan fingerprint density at radius 2 is 1.86 bits per heavy atom. The standard InChI is InChI=1S/C21H32N6O.HI/c1-16(2)19-13-18(28-26-19)15-25-21(22-3)24-14-17-8-9-23-20(12-17)27-10-6-4-5-7-11-27;/h8-9,12-13,16H,4-7,10-11,14-15H2,1-3H3,(H2,22,24,25);1H. The number of nitrogens with zero attached hydrogens (tertiary/aromatic N) is 4. The van der Waals surface area contributed by atoms with Gasteiger partial charge in [0.15, 0.2) is 11.7 Å². The second-order valence-electron chi connectivity index (χ2n) is 7.58. The van der Waals surface area contributed by atoms with Crippen molar-refractivity contribution in [2.24, 2.45) is 4.99 Å². The fraction of sp³-hybridized carbons (Fsp3) is 0.571. The van der Waals surface area contributed by atoms with Crippen LogP contribution in [0.1, 0.15) is 62.5 Å². The molecule has 3 heterocycles. The van der Waals surface area contributed by atoms with Gasteiger partial charge in [-0.05, 0) is 36.5 Å². The number of nitrogens with one attached hydrogen (secondary N) is 2. The molecule has 0 bridgehead atoms. The van der Waals surface area contributed by atoms with Crippen molar-refractivity contribution in [3.63, 3.8) is 0 Å². The molecule has 3 rings (SSSR count). The van der Waals surface area contributed by atoms with E-state index in [0.29, 0.717) is 19.0 Å². The number of guanidine groups is 1. The Balaban J connectivity index is 0.00000300. The average Bonchev–Trinajstić information content (AvgIpc) is 3.02. The first-order valence-corrected chi connectivity index (χ1v) is 10.3. The van der Waals surface area contributed by atoms with Crippen LogP contribution in [0.15, 0.2) is 33.9 Å². The number of aromatic nitrogens is 2. The van der Waals surface area contributed by atoms with Crippen LogP contribution < -0.4 is 15.5 Å². The van der Waals surface area contributed by atoms with Crippen molar-refractivity contribution in [1.29, 1.82) is 0 Å². The Hall–Kier alpha value is -1.84. The molecular weight excluding hydrogens is 479 g/mol. The first-order valence-electron chi connectivity index (χ1n) is 10.3. The zero-order chi connectivity index (χ0) is 19.8. The number of rotatable bonds is 6. The van der Waals surface area contributed by atoms with Crippen molar-refractivity contribution in [2.45, 2.75) is 58.5 Å². The van der Waals surface area contributed by atoms with Crippen molar-refractivity contribution in [3.05, 3.63) is 41.4 Å². The van der Waals surface area contributed by atoms with E-state index in [1.54, 1.807) is 7.05 Å². The SMILES string of the molecule is CN=C(NCc1ccnc(N2CCCCCC2)c1)NCc1cc(C(C)C)no1.I. The van der Waals surface area contributed by atoms with Gasteiger partial charge in [0, 0.05) is 38.9 Å². The van der Waals surface area contributed by atoms with Gasteiger partial charge in [-0.15, -0.1) is 24.0 Å². The van der Waals surface area contributed by atoms with E-state index in [4.69, 9.17) is 4.52 Å².